The molecule has 3 amide bonds. The van der Waals surface area contributed by atoms with Gasteiger partial charge in [0.1, 0.15) is 5.82 Å². The molecule has 0 bridgehead atoms. The van der Waals surface area contributed by atoms with E-state index in [4.69, 9.17) is 11.6 Å². The van der Waals surface area contributed by atoms with Crippen molar-refractivity contribution in [3.8, 4) is 0 Å². The molecule has 0 aromatic heterocycles. The summed E-state index contributed by atoms with van der Waals surface area (Å²) in [6.07, 6.45) is 0.165. The number of hydrogen-bond acceptors (Lipinski definition) is 2. The lowest BCUT2D eigenvalue weighted by molar-refractivity contribution is -0.117. The Morgan fingerprint density at radius 1 is 1.28 bits per heavy atom. The third-order valence-corrected chi connectivity index (χ3v) is 4.42. The normalized spacial score (nSPS) is 16.8. The second kappa shape index (κ2) is 7.11. The highest BCUT2D eigenvalue weighted by molar-refractivity contribution is 6.31. The lowest BCUT2D eigenvalue weighted by Gasteiger charge is -2.17. The molecule has 0 radical (unpaired) electrons. The fourth-order valence-corrected chi connectivity index (χ4v) is 2.90. The molecule has 1 saturated heterocycles. The van der Waals surface area contributed by atoms with Gasteiger partial charge in [-0.15, -0.1) is 0 Å². The number of carbonyl (C=O) groups is 2. The molecule has 1 aliphatic rings. The molecule has 5 nitrogen and oxygen atoms in total. The first kappa shape index (κ1) is 17.2. The number of benzene rings is 2. The van der Waals surface area contributed by atoms with Crippen LogP contribution < -0.4 is 15.5 Å². The van der Waals surface area contributed by atoms with Crippen molar-refractivity contribution >= 4 is 34.9 Å². The number of carbonyl (C=O) groups excluding carboxylic acids is 2. The first-order chi connectivity index (χ1) is 11.9. The summed E-state index contributed by atoms with van der Waals surface area (Å²) in [5.74, 6) is -0.565. The molecule has 1 heterocycles. The van der Waals surface area contributed by atoms with Gasteiger partial charge in [0.05, 0.1) is 6.04 Å². The molecule has 2 aromatic carbocycles. The van der Waals surface area contributed by atoms with E-state index < -0.39 is 11.8 Å². The molecular formula is C18H17ClFN3O2. The van der Waals surface area contributed by atoms with E-state index in [2.05, 4.69) is 10.6 Å². The maximum atomic E-state index is 13.3. The standard InChI is InChI=1S/C18H17ClFN3O2/c1-11-5-6-13(8-16(11)19)21-18(25)22-14-9-17(24)23(10-14)15-4-2-3-12(20)7-15/h2-8,14H,9-10H2,1H3,(H2,21,22,25). The summed E-state index contributed by atoms with van der Waals surface area (Å²) < 4.78 is 13.3. The average molecular weight is 362 g/mol. The van der Waals surface area contributed by atoms with Crippen LogP contribution >= 0.6 is 11.6 Å². The Kier molecular flexibility index (Phi) is 4.90. The van der Waals surface area contributed by atoms with Gasteiger partial charge in [-0.25, -0.2) is 9.18 Å². The molecule has 7 heteroatoms. The Morgan fingerprint density at radius 3 is 2.80 bits per heavy atom. The van der Waals surface area contributed by atoms with Gasteiger partial charge in [-0.1, -0.05) is 23.7 Å². The molecule has 1 aliphatic heterocycles. The molecule has 3 rings (SSSR count). The number of amides is 3. The summed E-state index contributed by atoms with van der Waals surface area (Å²) in [6, 6.07) is 10.3. The number of anilines is 2. The Balaban J connectivity index is 1.61. The van der Waals surface area contributed by atoms with Crippen molar-refractivity contribution in [2.24, 2.45) is 0 Å². The van der Waals surface area contributed by atoms with Gasteiger partial charge >= 0.3 is 6.03 Å². The van der Waals surface area contributed by atoms with Crippen LogP contribution in [0.5, 0.6) is 0 Å². The molecule has 25 heavy (non-hydrogen) atoms. The zero-order valence-corrected chi connectivity index (χ0v) is 14.3. The highest BCUT2D eigenvalue weighted by atomic mass is 35.5. The number of aryl methyl sites for hydroxylation is 1. The highest BCUT2D eigenvalue weighted by Crippen LogP contribution is 2.23. The van der Waals surface area contributed by atoms with Gasteiger partial charge in [0.2, 0.25) is 5.91 Å². The molecule has 130 valence electrons. The van der Waals surface area contributed by atoms with Crippen molar-refractivity contribution in [3.05, 3.63) is 58.9 Å². The second-order valence-corrected chi connectivity index (χ2v) is 6.35. The molecule has 1 atom stereocenters. The largest absolute Gasteiger partial charge is 0.333 e. The third-order valence-electron chi connectivity index (χ3n) is 4.01. The third kappa shape index (κ3) is 4.09. The first-order valence-corrected chi connectivity index (χ1v) is 8.20. The number of nitrogens with one attached hydrogen (secondary N) is 2. The SMILES string of the molecule is Cc1ccc(NC(=O)NC2CC(=O)N(c3cccc(F)c3)C2)cc1Cl. The number of rotatable bonds is 3. The lowest BCUT2D eigenvalue weighted by atomic mass is 10.2. The Hall–Kier alpha value is -2.60. The van der Waals surface area contributed by atoms with Crippen LogP contribution in [0, 0.1) is 12.7 Å². The van der Waals surface area contributed by atoms with Crippen molar-refractivity contribution in [1.82, 2.24) is 5.32 Å². The zero-order chi connectivity index (χ0) is 18.0. The topological polar surface area (TPSA) is 61.4 Å². The predicted molar refractivity (Wildman–Crippen MR) is 95.5 cm³/mol. The van der Waals surface area contributed by atoms with Gasteiger partial charge in [-0.05, 0) is 42.8 Å². The lowest BCUT2D eigenvalue weighted by Crippen LogP contribution is -2.39. The van der Waals surface area contributed by atoms with Crippen LogP contribution in [0.15, 0.2) is 42.5 Å². The van der Waals surface area contributed by atoms with Gasteiger partial charge in [0.25, 0.3) is 0 Å². The van der Waals surface area contributed by atoms with Gasteiger partial charge in [-0.3, -0.25) is 4.79 Å². The van der Waals surface area contributed by atoms with Crippen molar-refractivity contribution in [2.45, 2.75) is 19.4 Å². The molecular weight excluding hydrogens is 345 g/mol. The van der Waals surface area contributed by atoms with Gasteiger partial charge in [0.15, 0.2) is 0 Å². The minimum atomic E-state index is -0.418. The molecule has 1 fully saturated rings. The van der Waals surface area contributed by atoms with E-state index in [9.17, 15) is 14.0 Å². The monoisotopic (exact) mass is 361 g/mol. The van der Waals surface area contributed by atoms with E-state index in [0.29, 0.717) is 22.9 Å². The summed E-state index contributed by atoms with van der Waals surface area (Å²) in [5.41, 5.74) is 1.97. The van der Waals surface area contributed by atoms with Crippen LogP contribution in [0.2, 0.25) is 5.02 Å². The summed E-state index contributed by atoms with van der Waals surface area (Å²) in [7, 11) is 0. The van der Waals surface area contributed by atoms with Crippen molar-refractivity contribution in [3.63, 3.8) is 0 Å². The van der Waals surface area contributed by atoms with Crippen LogP contribution in [0.4, 0.5) is 20.6 Å². The molecule has 2 aromatic rings. The van der Waals surface area contributed by atoms with Gasteiger partial charge < -0.3 is 15.5 Å². The van der Waals surface area contributed by atoms with E-state index in [1.165, 1.54) is 17.0 Å². The van der Waals surface area contributed by atoms with Crippen LogP contribution in [0.1, 0.15) is 12.0 Å². The van der Waals surface area contributed by atoms with Crippen molar-refractivity contribution in [1.29, 1.82) is 0 Å². The maximum Gasteiger partial charge on any atom is 0.319 e. The quantitative estimate of drug-likeness (QED) is 0.875. The molecule has 0 aliphatic carbocycles. The van der Waals surface area contributed by atoms with E-state index in [1.54, 1.807) is 24.3 Å². The zero-order valence-electron chi connectivity index (χ0n) is 13.6. The van der Waals surface area contributed by atoms with Gasteiger partial charge in [0, 0.05) is 29.4 Å². The molecule has 0 spiro atoms. The van der Waals surface area contributed by atoms with Crippen molar-refractivity contribution in [2.75, 3.05) is 16.8 Å². The number of halogens is 2. The van der Waals surface area contributed by atoms with Crippen LogP contribution in [-0.4, -0.2) is 24.5 Å². The fraction of sp³-hybridized carbons (Fsp3) is 0.222. The van der Waals surface area contributed by atoms with E-state index in [1.807, 2.05) is 13.0 Å². The van der Waals surface area contributed by atoms with E-state index in [-0.39, 0.29) is 18.4 Å². The number of urea groups is 1. The van der Waals surface area contributed by atoms with Crippen LogP contribution in [0.3, 0.4) is 0 Å². The summed E-state index contributed by atoms with van der Waals surface area (Å²) in [4.78, 5) is 25.7. The Labute approximate surface area is 149 Å². The molecule has 1 unspecified atom stereocenters. The summed E-state index contributed by atoms with van der Waals surface area (Å²) in [5, 5.41) is 6.01. The molecule has 2 N–H and O–H groups in total. The minimum absolute atomic E-state index is 0.158. The number of nitrogens with zero attached hydrogens (tertiary/aromatic N) is 1. The fourth-order valence-electron chi connectivity index (χ4n) is 2.72. The predicted octanol–water partition coefficient (Wildman–Crippen LogP) is 3.71. The van der Waals surface area contributed by atoms with Gasteiger partial charge in [-0.2, -0.15) is 0 Å². The Morgan fingerprint density at radius 2 is 2.08 bits per heavy atom. The highest BCUT2D eigenvalue weighted by Gasteiger charge is 2.31. The van der Waals surface area contributed by atoms with Crippen molar-refractivity contribution < 1.29 is 14.0 Å². The number of hydrogen-bond donors (Lipinski definition) is 2. The smallest absolute Gasteiger partial charge is 0.319 e. The van der Waals surface area contributed by atoms with Crippen LogP contribution in [-0.2, 0) is 4.79 Å². The maximum absolute atomic E-state index is 13.3. The minimum Gasteiger partial charge on any atom is -0.333 e. The van der Waals surface area contributed by atoms with E-state index >= 15 is 0 Å². The average Bonchev–Trinajstić information content (AvgIpc) is 2.91. The van der Waals surface area contributed by atoms with Crippen LogP contribution in [0.25, 0.3) is 0 Å². The Bertz CT molecular complexity index is 828. The summed E-state index contributed by atoms with van der Waals surface area (Å²) in [6.45, 7) is 2.17. The van der Waals surface area contributed by atoms with E-state index in [0.717, 1.165) is 5.56 Å². The molecule has 0 saturated carbocycles. The summed E-state index contributed by atoms with van der Waals surface area (Å²) >= 11 is 6.03. The second-order valence-electron chi connectivity index (χ2n) is 5.95. The first-order valence-electron chi connectivity index (χ1n) is 7.82.